The minimum absolute atomic E-state index is 0.118. The van der Waals surface area contributed by atoms with Crippen molar-refractivity contribution in [2.45, 2.75) is 19.1 Å². The fraction of sp³-hybridized carbons (Fsp3) is 0.316. The van der Waals surface area contributed by atoms with Crippen LogP contribution < -0.4 is 10.6 Å². The van der Waals surface area contributed by atoms with Crippen LogP contribution in [0, 0.1) is 0 Å². The number of halogens is 1. The quantitative estimate of drug-likeness (QED) is 0.849. The molecule has 6 heteroatoms. The Morgan fingerprint density at radius 1 is 1.20 bits per heavy atom. The van der Waals surface area contributed by atoms with Crippen molar-refractivity contribution in [2.75, 3.05) is 30.5 Å². The van der Waals surface area contributed by atoms with Gasteiger partial charge in [0.2, 0.25) is 0 Å². The monoisotopic (exact) mass is 360 g/mol. The Kier molecular flexibility index (Phi) is 5.91. The molecule has 1 fully saturated rings. The number of carbonyl (C=O) groups is 1. The highest BCUT2D eigenvalue weighted by Gasteiger charge is 2.22. The zero-order valence-corrected chi connectivity index (χ0v) is 14.8. The van der Waals surface area contributed by atoms with Crippen molar-refractivity contribution in [1.29, 1.82) is 0 Å². The third-order valence-electron chi connectivity index (χ3n) is 4.02. The van der Waals surface area contributed by atoms with Crippen molar-refractivity contribution < 1.29 is 14.3 Å². The van der Waals surface area contributed by atoms with Crippen LogP contribution in [0.1, 0.15) is 18.5 Å². The molecule has 2 N–H and O–H groups in total. The van der Waals surface area contributed by atoms with E-state index in [0.29, 0.717) is 23.9 Å². The van der Waals surface area contributed by atoms with Crippen molar-refractivity contribution in [2.24, 2.45) is 0 Å². The number of benzene rings is 2. The lowest BCUT2D eigenvalue weighted by Crippen LogP contribution is -2.39. The van der Waals surface area contributed by atoms with E-state index in [1.165, 1.54) is 5.56 Å². The van der Waals surface area contributed by atoms with Gasteiger partial charge in [-0.05, 0) is 30.7 Å². The van der Waals surface area contributed by atoms with Gasteiger partial charge in [-0.3, -0.25) is 4.79 Å². The fourth-order valence-electron chi connectivity index (χ4n) is 2.63. The van der Waals surface area contributed by atoms with E-state index >= 15 is 0 Å². The second-order valence-electron chi connectivity index (χ2n) is 5.89. The number of hydrogen-bond donors (Lipinski definition) is 2. The lowest BCUT2D eigenvalue weighted by atomic mass is 10.1. The molecule has 5 nitrogen and oxygen atoms in total. The van der Waals surface area contributed by atoms with Crippen molar-refractivity contribution in [3.63, 3.8) is 0 Å². The molecule has 2 unspecified atom stereocenters. The lowest BCUT2D eigenvalue weighted by molar-refractivity contribution is -0.142. The van der Waals surface area contributed by atoms with Crippen LogP contribution in [0.5, 0.6) is 0 Å². The van der Waals surface area contributed by atoms with E-state index in [9.17, 15) is 4.79 Å². The maximum Gasteiger partial charge on any atom is 0.255 e. The molecule has 1 amide bonds. The van der Waals surface area contributed by atoms with Crippen molar-refractivity contribution in [3.05, 3.63) is 59.1 Å². The van der Waals surface area contributed by atoms with Gasteiger partial charge < -0.3 is 20.1 Å². The van der Waals surface area contributed by atoms with E-state index in [0.717, 1.165) is 5.69 Å². The molecule has 1 aliphatic rings. The Balaban J connectivity index is 1.63. The highest BCUT2D eigenvalue weighted by atomic mass is 35.5. The molecule has 3 rings (SSSR count). The fourth-order valence-corrected chi connectivity index (χ4v) is 2.87. The summed E-state index contributed by atoms with van der Waals surface area (Å²) in [5.74, 6) is -0.228. The molecule has 1 aliphatic heterocycles. The predicted octanol–water partition coefficient (Wildman–Crippen LogP) is 3.87. The molecule has 2 aromatic carbocycles. The Hall–Kier alpha value is -2.08. The van der Waals surface area contributed by atoms with Gasteiger partial charge >= 0.3 is 0 Å². The van der Waals surface area contributed by atoms with Crippen molar-refractivity contribution in [1.82, 2.24) is 0 Å². The summed E-state index contributed by atoms with van der Waals surface area (Å²) in [5, 5.41) is 6.73. The van der Waals surface area contributed by atoms with Crippen LogP contribution in [0.15, 0.2) is 48.5 Å². The Bertz CT molecular complexity index is 718. The van der Waals surface area contributed by atoms with Crippen LogP contribution >= 0.6 is 11.6 Å². The average Bonchev–Trinajstić information content (AvgIpc) is 2.65. The summed E-state index contributed by atoms with van der Waals surface area (Å²) < 4.78 is 10.6. The summed E-state index contributed by atoms with van der Waals surface area (Å²) in [5.41, 5.74) is 2.61. The Morgan fingerprint density at radius 2 is 2.00 bits per heavy atom. The number of ether oxygens (including phenoxy) is 2. The standard InChI is InChI=1S/C19H21ClN2O3/c1-13(14-5-3-2-4-6-14)21-17-8-7-15(11-16(17)20)22-19(23)18-12-24-9-10-25-18/h2-8,11,13,18,21H,9-10,12H2,1H3,(H,22,23). The van der Waals surface area contributed by atoms with Crippen LogP contribution in [0.3, 0.4) is 0 Å². The van der Waals surface area contributed by atoms with Crippen molar-refractivity contribution in [3.8, 4) is 0 Å². The minimum atomic E-state index is -0.580. The second kappa shape index (κ2) is 8.34. The summed E-state index contributed by atoms with van der Waals surface area (Å²) >= 11 is 6.36. The first-order chi connectivity index (χ1) is 12.1. The van der Waals surface area contributed by atoms with Gasteiger partial charge in [-0.25, -0.2) is 0 Å². The summed E-state index contributed by atoms with van der Waals surface area (Å²) in [6.07, 6.45) is -0.580. The first-order valence-corrected chi connectivity index (χ1v) is 8.62. The number of carbonyl (C=O) groups excluding carboxylic acids is 1. The number of anilines is 2. The Morgan fingerprint density at radius 3 is 2.68 bits per heavy atom. The molecule has 0 bridgehead atoms. The lowest BCUT2D eigenvalue weighted by Gasteiger charge is -2.22. The van der Waals surface area contributed by atoms with E-state index in [4.69, 9.17) is 21.1 Å². The number of amides is 1. The van der Waals surface area contributed by atoms with Gasteiger partial charge in [0.1, 0.15) is 0 Å². The smallest absolute Gasteiger partial charge is 0.255 e. The van der Waals surface area contributed by atoms with Gasteiger partial charge in [-0.15, -0.1) is 0 Å². The zero-order valence-electron chi connectivity index (χ0n) is 14.0. The van der Waals surface area contributed by atoms with Gasteiger partial charge in [-0.2, -0.15) is 0 Å². The summed E-state index contributed by atoms with van der Waals surface area (Å²) in [6, 6.07) is 15.6. The molecule has 0 aromatic heterocycles. The first-order valence-electron chi connectivity index (χ1n) is 8.25. The molecule has 0 radical (unpaired) electrons. The predicted molar refractivity (Wildman–Crippen MR) is 99.1 cm³/mol. The molecular formula is C19H21ClN2O3. The molecule has 0 aliphatic carbocycles. The van der Waals surface area contributed by atoms with Gasteiger partial charge in [0, 0.05) is 11.7 Å². The highest BCUT2D eigenvalue weighted by Crippen LogP contribution is 2.29. The summed E-state index contributed by atoms with van der Waals surface area (Å²) in [6.45, 7) is 3.30. The number of nitrogens with one attached hydrogen (secondary N) is 2. The molecule has 1 heterocycles. The second-order valence-corrected chi connectivity index (χ2v) is 6.30. The van der Waals surface area contributed by atoms with Gasteiger partial charge in [-0.1, -0.05) is 41.9 Å². The van der Waals surface area contributed by atoms with E-state index in [1.54, 1.807) is 6.07 Å². The molecule has 1 saturated heterocycles. The van der Waals surface area contributed by atoms with Gasteiger partial charge in [0.05, 0.1) is 30.5 Å². The van der Waals surface area contributed by atoms with E-state index in [-0.39, 0.29) is 18.6 Å². The van der Waals surface area contributed by atoms with E-state index < -0.39 is 6.10 Å². The average molecular weight is 361 g/mol. The largest absolute Gasteiger partial charge is 0.377 e. The van der Waals surface area contributed by atoms with Crippen LogP contribution in [0.25, 0.3) is 0 Å². The maximum absolute atomic E-state index is 12.2. The van der Waals surface area contributed by atoms with Gasteiger partial charge in [0.15, 0.2) is 6.10 Å². The molecule has 0 spiro atoms. The summed E-state index contributed by atoms with van der Waals surface area (Å²) in [4.78, 5) is 12.2. The van der Waals surface area contributed by atoms with Gasteiger partial charge in [0.25, 0.3) is 5.91 Å². The van der Waals surface area contributed by atoms with Crippen molar-refractivity contribution >= 4 is 28.9 Å². The van der Waals surface area contributed by atoms with E-state index in [2.05, 4.69) is 29.7 Å². The van der Waals surface area contributed by atoms with Crippen LogP contribution in [0.4, 0.5) is 11.4 Å². The topological polar surface area (TPSA) is 59.6 Å². The third kappa shape index (κ3) is 4.72. The molecule has 2 atom stereocenters. The molecule has 132 valence electrons. The number of hydrogen-bond acceptors (Lipinski definition) is 4. The van der Waals surface area contributed by atoms with Crippen LogP contribution in [-0.4, -0.2) is 31.8 Å². The number of rotatable bonds is 5. The molecular weight excluding hydrogens is 340 g/mol. The third-order valence-corrected chi connectivity index (χ3v) is 4.33. The first kappa shape index (κ1) is 17.7. The zero-order chi connectivity index (χ0) is 17.6. The molecule has 25 heavy (non-hydrogen) atoms. The highest BCUT2D eigenvalue weighted by molar-refractivity contribution is 6.33. The minimum Gasteiger partial charge on any atom is -0.377 e. The van der Waals surface area contributed by atoms with Crippen LogP contribution in [-0.2, 0) is 14.3 Å². The molecule has 0 saturated carbocycles. The van der Waals surface area contributed by atoms with Crippen LogP contribution in [0.2, 0.25) is 5.02 Å². The maximum atomic E-state index is 12.2. The van der Waals surface area contributed by atoms with E-state index in [1.807, 2.05) is 30.3 Å². The summed E-state index contributed by atoms with van der Waals surface area (Å²) in [7, 11) is 0. The SMILES string of the molecule is CC(Nc1ccc(NC(=O)C2COCCO2)cc1Cl)c1ccccc1. The molecule has 2 aromatic rings. The Labute approximate surface area is 152 Å². The normalized spacial score (nSPS) is 18.4.